The Labute approximate surface area is 106 Å². The van der Waals surface area contributed by atoms with Gasteiger partial charge in [-0.05, 0) is 0 Å². The summed E-state index contributed by atoms with van der Waals surface area (Å²) in [5.41, 5.74) is 4.68. The lowest BCUT2D eigenvalue weighted by Gasteiger charge is -2.34. The van der Waals surface area contributed by atoms with Gasteiger partial charge in [0.1, 0.15) is 0 Å². The average Bonchev–Trinajstić information content (AvgIpc) is 2.78. The van der Waals surface area contributed by atoms with E-state index in [0.717, 1.165) is 0 Å². The van der Waals surface area contributed by atoms with Crippen molar-refractivity contribution in [1.29, 1.82) is 0 Å². The Morgan fingerprint density at radius 1 is 1.39 bits per heavy atom. The molecule has 1 fully saturated rings. The second-order valence-corrected chi connectivity index (χ2v) is 4.71. The molecule has 2 rings (SSSR count). The van der Waals surface area contributed by atoms with Gasteiger partial charge in [0, 0.05) is 46.1 Å². The molecule has 0 atom stereocenters. The molecule has 1 saturated heterocycles. The van der Waals surface area contributed by atoms with Gasteiger partial charge < -0.3 is 24.9 Å². The zero-order valence-corrected chi connectivity index (χ0v) is 10.6. The van der Waals surface area contributed by atoms with E-state index >= 15 is 0 Å². The van der Waals surface area contributed by atoms with Crippen molar-refractivity contribution < 1.29 is 14.3 Å². The summed E-state index contributed by atoms with van der Waals surface area (Å²) in [5.74, 6) is 0.526. The lowest BCUT2D eigenvalue weighted by atomic mass is 9.94. The molecule has 0 bridgehead atoms. The van der Waals surface area contributed by atoms with E-state index in [1.165, 1.54) is 0 Å². The fourth-order valence-corrected chi connectivity index (χ4v) is 2.04. The molecule has 18 heavy (non-hydrogen) atoms. The summed E-state index contributed by atoms with van der Waals surface area (Å²) < 4.78 is 10.7. The number of hydrogen-bond donors (Lipinski definition) is 2. The number of likely N-dealkylation sites (N-methyl/N-ethyl adjacent to an activating group) is 1. The average molecular weight is 256 g/mol. The first-order chi connectivity index (χ1) is 8.63. The van der Waals surface area contributed by atoms with Crippen LogP contribution in [0.1, 0.15) is 18.7 Å². The molecule has 0 spiro atoms. The predicted molar refractivity (Wildman–Crippen MR) is 65.3 cm³/mol. The molecule has 7 heteroatoms. The van der Waals surface area contributed by atoms with Crippen molar-refractivity contribution in [3.63, 3.8) is 0 Å². The minimum atomic E-state index is -0.741. The molecule has 0 aliphatic carbocycles. The van der Waals surface area contributed by atoms with Crippen molar-refractivity contribution >= 4 is 6.01 Å². The molecule has 102 valence electrons. The Hall–Kier alpha value is -1.18. The van der Waals surface area contributed by atoms with Crippen LogP contribution < -0.4 is 10.6 Å². The molecule has 0 radical (unpaired) electrons. The zero-order valence-electron chi connectivity index (χ0n) is 10.6. The first-order valence-corrected chi connectivity index (χ1v) is 6.17. The number of nitrogens with two attached hydrogens (primary N) is 1. The van der Waals surface area contributed by atoms with E-state index in [4.69, 9.17) is 14.9 Å². The maximum atomic E-state index is 10.4. The van der Waals surface area contributed by atoms with Crippen LogP contribution in [0.2, 0.25) is 0 Å². The Morgan fingerprint density at radius 2 is 2.11 bits per heavy atom. The van der Waals surface area contributed by atoms with Gasteiger partial charge in [-0.15, -0.1) is 5.10 Å². The standard InChI is InChI=1S/C11H20N4O3/c1-15(8-11(16)3-6-17-7-4-11)10-14-13-9(18-10)2-5-12/h16H,2-8,12H2,1H3. The minimum absolute atomic E-state index is 0.415. The molecule has 1 aromatic rings. The molecule has 1 aromatic heterocycles. The maximum absolute atomic E-state index is 10.4. The Balaban J connectivity index is 1.95. The third-order valence-electron chi connectivity index (χ3n) is 3.10. The summed E-state index contributed by atoms with van der Waals surface area (Å²) in [5, 5.41) is 18.2. The van der Waals surface area contributed by atoms with Crippen LogP contribution in [0.25, 0.3) is 0 Å². The van der Waals surface area contributed by atoms with E-state index in [2.05, 4.69) is 10.2 Å². The van der Waals surface area contributed by atoms with Crippen LogP contribution in [0.15, 0.2) is 4.42 Å². The number of rotatable bonds is 5. The highest BCUT2D eigenvalue weighted by Gasteiger charge is 2.32. The molecule has 7 nitrogen and oxygen atoms in total. The number of aromatic nitrogens is 2. The van der Waals surface area contributed by atoms with E-state index < -0.39 is 5.60 Å². The number of ether oxygens (including phenoxy) is 1. The van der Waals surface area contributed by atoms with Gasteiger partial charge in [-0.25, -0.2) is 0 Å². The molecule has 0 aromatic carbocycles. The fraction of sp³-hybridized carbons (Fsp3) is 0.818. The summed E-state index contributed by atoms with van der Waals surface area (Å²) in [6, 6.07) is 0.415. The summed E-state index contributed by atoms with van der Waals surface area (Å²) in [6.45, 7) is 2.12. The van der Waals surface area contributed by atoms with E-state index in [0.29, 0.717) is 57.5 Å². The molecule has 0 saturated carbocycles. The second-order valence-electron chi connectivity index (χ2n) is 4.71. The third kappa shape index (κ3) is 3.18. The molecule has 0 amide bonds. The van der Waals surface area contributed by atoms with Gasteiger partial charge in [-0.1, -0.05) is 5.10 Å². The van der Waals surface area contributed by atoms with Crippen LogP contribution >= 0.6 is 0 Å². The Bertz CT molecular complexity index is 376. The predicted octanol–water partition coefficient (Wildman–Crippen LogP) is -0.451. The SMILES string of the molecule is CN(CC1(O)CCOCC1)c1nnc(CCN)o1. The summed E-state index contributed by atoms with van der Waals surface area (Å²) in [7, 11) is 1.83. The second kappa shape index (κ2) is 5.64. The largest absolute Gasteiger partial charge is 0.408 e. The van der Waals surface area contributed by atoms with Crippen LogP contribution in [0, 0.1) is 0 Å². The van der Waals surface area contributed by atoms with E-state index in [9.17, 15) is 5.11 Å². The fourth-order valence-electron chi connectivity index (χ4n) is 2.04. The van der Waals surface area contributed by atoms with Crippen LogP contribution in [-0.2, 0) is 11.2 Å². The van der Waals surface area contributed by atoms with Crippen LogP contribution in [0.3, 0.4) is 0 Å². The third-order valence-corrected chi connectivity index (χ3v) is 3.10. The van der Waals surface area contributed by atoms with Crippen molar-refractivity contribution in [2.24, 2.45) is 5.73 Å². The molecule has 3 N–H and O–H groups in total. The van der Waals surface area contributed by atoms with Gasteiger partial charge in [-0.2, -0.15) is 0 Å². The zero-order chi connectivity index (χ0) is 13.0. The van der Waals surface area contributed by atoms with E-state index in [-0.39, 0.29) is 0 Å². The number of anilines is 1. The molecular formula is C11H20N4O3. The van der Waals surface area contributed by atoms with Crippen molar-refractivity contribution in [2.75, 3.05) is 38.3 Å². The van der Waals surface area contributed by atoms with Gasteiger partial charge in [-0.3, -0.25) is 0 Å². The summed E-state index contributed by atoms with van der Waals surface area (Å²) >= 11 is 0. The Kier molecular flexibility index (Phi) is 4.15. The van der Waals surface area contributed by atoms with E-state index in [1.54, 1.807) is 4.90 Å². The van der Waals surface area contributed by atoms with Crippen molar-refractivity contribution in [1.82, 2.24) is 10.2 Å². The molecule has 1 aliphatic heterocycles. The van der Waals surface area contributed by atoms with Crippen molar-refractivity contribution in [2.45, 2.75) is 24.9 Å². The molecular weight excluding hydrogens is 236 g/mol. The molecule has 2 heterocycles. The monoisotopic (exact) mass is 256 g/mol. The van der Waals surface area contributed by atoms with Crippen LogP contribution in [0.5, 0.6) is 0 Å². The smallest absolute Gasteiger partial charge is 0.317 e. The molecule has 1 aliphatic rings. The normalized spacial score (nSPS) is 18.8. The van der Waals surface area contributed by atoms with Gasteiger partial charge in [0.25, 0.3) is 0 Å². The van der Waals surface area contributed by atoms with Gasteiger partial charge in [0.05, 0.1) is 12.1 Å². The topological polar surface area (TPSA) is 97.6 Å². The molecule has 0 unspecified atom stereocenters. The first-order valence-electron chi connectivity index (χ1n) is 6.17. The quantitative estimate of drug-likeness (QED) is 0.736. The highest BCUT2D eigenvalue weighted by molar-refractivity contribution is 5.23. The Morgan fingerprint density at radius 3 is 2.78 bits per heavy atom. The maximum Gasteiger partial charge on any atom is 0.317 e. The van der Waals surface area contributed by atoms with Gasteiger partial charge in [0.2, 0.25) is 5.89 Å². The number of aliphatic hydroxyl groups is 1. The van der Waals surface area contributed by atoms with Gasteiger partial charge >= 0.3 is 6.01 Å². The first kappa shape index (κ1) is 13.3. The van der Waals surface area contributed by atoms with Gasteiger partial charge in [0.15, 0.2) is 0 Å². The van der Waals surface area contributed by atoms with Crippen molar-refractivity contribution in [3.8, 4) is 0 Å². The van der Waals surface area contributed by atoms with E-state index in [1.807, 2.05) is 7.05 Å². The number of nitrogens with zero attached hydrogens (tertiary/aromatic N) is 3. The number of hydrogen-bond acceptors (Lipinski definition) is 7. The lowest BCUT2D eigenvalue weighted by molar-refractivity contribution is -0.0576. The van der Waals surface area contributed by atoms with Crippen LogP contribution in [0.4, 0.5) is 6.01 Å². The van der Waals surface area contributed by atoms with Crippen molar-refractivity contribution in [3.05, 3.63) is 5.89 Å². The van der Waals surface area contributed by atoms with Crippen LogP contribution in [-0.4, -0.2) is 54.3 Å². The summed E-state index contributed by atoms with van der Waals surface area (Å²) in [6.07, 6.45) is 1.82. The summed E-state index contributed by atoms with van der Waals surface area (Å²) in [4.78, 5) is 1.78. The minimum Gasteiger partial charge on any atom is -0.408 e. The highest BCUT2D eigenvalue weighted by atomic mass is 16.5. The lowest BCUT2D eigenvalue weighted by Crippen LogP contribution is -2.45. The highest BCUT2D eigenvalue weighted by Crippen LogP contribution is 2.23.